The van der Waals surface area contributed by atoms with E-state index in [0.717, 1.165) is 0 Å². The molecule has 1 amide bonds. The van der Waals surface area contributed by atoms with Gasteiger partial charge >= 0.3 is 0 Å². The van der Waals surface area contributed by atoms with E-state index < -0.39 is 10.0 Å². The van der Waals surface area contributed by atoms with Crippen LogP contribution >= 0.6 is 0 Å². The highest BCUT2D eigenvalue weighted by molar-refractivity contribution is 7.89. The molecule has 0 saturated heterocycles. The van der Waals surface area contributed by atoms with Crippen LogP contribution in [-0.2, 0) is 14.8 Å². The standard InChI is InChI=1S/C9H21N3O3S/c1-4-12(5-2)9(13)8(3)11-6-7-16(10,14)15/h8,11H,4-7H2,1-3H3,(H2,10,14,15). The van der Waals surface area contributed by atoms with E-state index >= 15 is 0 Å². The number of nitrogens with zero attached hydrogens (tertiary/aromatic N) is 1. The van der Waals surface area contributed by atoms with E-state index in [1.54, 1.807) is 11.8 Å². The molecule has 0 fully saturated rings. The normalized spacial score (nSPS) is 13.5. The number of hydrogen-bond donors (Lipinski definition) is 2. The fraction of sp³-hybridized carbons (Fsp3) is 0.889. The fourth-order valence-electron chi connectivity index (χ4n) is 1.31. The highest BCUT2D eigenvalue weighted by Crippen LogP contribution is 1.94. The molecule has 0 bridgehead atoms. The molecule has 6 nitrogen and oxygen atoms in total. The molecule has 96 valence electrons. The topological polar surface area (TPSA) is 92.5 Å². The van der Waals surface area contributed by atoms with Crippen molar-refractivity contribution in [1.29, 1.82) is 0 Å². The minimum absolute atomic E-state index is 0.0283. The second-order valence-corrected chi connectivity index (χ2v) is 5.29. The summed E-state index contributed by atoms with van der Waals surface area (Å²) in [4.78, 5) is 13.4. The largest absolute Gasteiger partial charge is 0.342 e. The lowest BCUT2D eigenvalue weighted by molar-refractivity contribution is -0.132. The van der Waals surface area contributed by atoms with Crippen LogP contribution in [0.1, 0.15) is 20.8 Å². The monoisotopic (exact) mass is 251 g/mol. The molecule has 1 unspecified atom stereocenters. The maximum atomic E-state index is 11.7. The number of sulfonamides is 1. The van der Waals surface area contributed by atoms with E-state index in [4.69, 9.17) is 5.14 Å². The Hall–Kier alpha value is -0.660. The second kappa shape index (κ2) is 6.82. The second-order valence-electron chi connectivity index (χ2n) is 3.55. The Kier molecular flexibility index (Phi) is 6.54. The zero-order chi connectivity index (χ0) is 12.8. The van der Waals surface area contributed by atoms with Crippen LogP contribution in [0, 0.1) is 0 Å². The Balaban J connectivity index is 4.06. The van der Waals surface area contributed by atoms with Gasteiger partial charge in [0.15, 0.2) is 0 Å². The average molecular weight is 251 g/mol. The Labute approximate surface area is 97.2 Å². The molecule has 0 aliphatic heterocycles. The first kappa shape index (κ1) is 15.3. The van der Waals surface area contributed by atoms with Crippen molar-refractivity contribution < 1.29 is 13.2 Å². The van der Waals surface area contributed by atoms with Crippen LogP contribution < -0.4 is 10.5 Å². The average Bonchev–Trinajstić information content (AvgIpc) is 2.17. The molecule has 16 heavy (non-hydrogen) atoms. The molecule has 0 aromatic heterocycles. The van der Waals surface area contributed by atoms with Gasteiger partial charge in [0.2, 0.25) is 15.9 Å². The van der Waals surface area contributed by atoms with Crippen LogP contribution in [0.3, 0.4) is 0 Å². The summed E-state index contributed by atoms with van der Waals surface area (Å²) in [7, 11) is -3.46. The zero-order valence-electron chi connectivity index (χ0n) is 10.1. The number of hydrogen-bond acceptors (Lipinski definition) is 4. The number of carbonyl (C=O) groups excluding carboxylic acids is 1. The number of rotatable bonds is 7. The van der Waals surface area contributed by atoms with Gasteiger partial charge in [-0.15, -0.1) is 0 Å². The van der Waals surface area contributed by atoms with Crippen LogP contribution in [0.25, 0.3) is 0 Å². The van der Waals surface area contributed by atoms with Crippen molar-refractivity contribution in [3.8, 4) is 0 Å². The predicted molar refractivity (Wildman–Crippen MR) is 63.4 cm³/mol. The summed E-state index contributed by atoms with van der Waals surface area (Å²) in [6.45, 7) is 7.00. The minimum Gasteiger partial charge on any atom is -0.342 e. The predicted octanol–water partition coefficient (Wildman–Crippen LogP) is -0.879. The van der Waals surface area contributed by atoms with Crippen molar-refractivity contribution >= 4 is 15.9 Å². The van der Waals surface area contributed by atoms with E-state index in [2.05, 4.69) is 5.32 Å². The molecule has 0 radical (unpaired) electrons. The first-order valence-corrected chi connectivity index (χ1v) is 7.06. The first-order chi connectivity index (χ1) is 7.31. The van der Waals surface area contributed by atoms with Crippen LogP contribution in [-0.4, -0.2) is 50.7 Å². The maximum Gasteiger partial charge on any atom is 0.239 e. The Morgan fingerprint density at radius 1 is 1.38 bits per heavy atom. The number of likely N-dealkylation sites (N-methyl/N-ethyl adjacent to an activating group) is 1. The van der Waals surface area contributed by atoms with Gasteiger partial charge in [0.1, 0.15) is 0 Å². The lowest BCUT2D eigenvalue weighted by Gasteiger charge is -2.23. The van der Waals surface area contributed by atoms with Crippen molar-refractivity contribution in [3.05, 3.63) is 0 Å². The molecular formula is C9H21N3O3S. The Bertz CT molecular complexity index is 312. The van der Waals surface area contributed by atoms with Gasteiger partial charge < -0.3 is 10.2 Å². The third-order valence-electron chi connectivity index (χ3n) is 2.28. The molecule has 0 aromatic carbocycles. The molecule has 3 N–H and O–H groups in total. The number of amides is 1. The van der Waals surface area contributed by atoms with Crippen molar-refractivity contribution in [2.75, 3.05) is 25.4 Å². The summed E-state index contributed by atoms with van der Waals surface area (Å²) in [6.07, 6.45) is 0. The van der Waals surface area contributed by atoms with Crippen LogP contribution in [0.4, 0.5) is 0 Å². The van der Waals surface area contributed by atoms with Gasteiger partial charge in [0.05, 0.1) is 11.8 Å². The van der Waals surface area contributed by atoms with Crippen LogP contribution in [0.2, 0.25) is 0 Å². The van der Waals surface area contributed by atoms with E-state index in [0.29, 0.717) is 13.1 Å². The van der Waals surface area contributed by atoms with E-state index in [1.807, 2.05) is 13.8 Å². The van der Waals surface area contributed by atoms with Gasteiger partial charge in [-0.2, -0.15) is 0 Å². The third-order valence-corrected chi connectivity index (χ3v) is 3.06. The quantitative estimate of drug-likeness (QED) is 0.614. The molecule has 0 saturated carbocycles. The van der Waals surface area contributed by atoms with Gasteiger partial charge in [-0.05, 0) is 20.8 Å². The minimum atomic E-state index is -3.46. The molecular weight excluding hydrogens is 230 g/mol. The van der Waals surface area contributed by atoms with Crippen molar-refractivity contribution in [2.24, 2.45) is 5.14 Å². The van der Waals surface area contributed by atoms with Crippen LogP contribution in [0.5, 0.6) is 0 Å². The molecule has 7 heteroatoms. The molecule has 0 spiro atoms. The van der Waals surface area contributed by atoms with Gasteiger partial charge in [0.25, 0.3) is 0 Å². The van der Waals surface area contributed by atoms with E-state index in [1.165, 1.54) is 0 Å². The molecule has 0 rings (SSSR count). The molecule has 0 aliphatic rings. The molecule has 0 heterocycles. The third kappa shape index (κ3) is 6.04. The van der Waals surface area contributed by atoms with E-state index in [9.17, 15) is 13.2 Å². The maximum absolute atomic E-state index is 11.7. The molecule has 1 atom stereocenters. The van der Waals surface area contributed by atoms with Crippen molar-refractivity contribution in [1.82, 2.24) is 10.2 Å². The Morgan fingerprint density at radius 2 is 1.88 bits per heavy atom. The number of nitrogens with two attached hydrogens (primary N) is 1. The van der Waals surface area contributed by atoms with Gasteiger partial charge in [-0.1, -0.05) is 0 Å². The van der Waals surface area contributed by atoms with Crippen molar-refractivity contribution in [2.45, 2.75) is 26.8 Å². The fourth-order valence-corrected chi connectivity index (χ4v) is 1.72. The van der Waals surface area contributed by atoms with Crippen molar-refractivity contribution in [3.63, 3.8) is 0 Å². The SMILES string of the molecule is CCN(CC)C(=O)C(C)NCCS(N)(=O)=O. The number of primary sulfonamides is 1. The Morgan fingerprint density at radius 3 is 2.25 bits per heavy atom. The van der Waals surface area contributed by atoms with Gasteiger partial charge in [-0.3, -0.25) is 4.79 Å². The lowest BCUT2D eigenvalue weighted by Crippen LogP contribution is -2.46. The van der Waals surface area contributed by atoms with Gasteiger partial charge in [-0.25, -0.2) is 13.6 Å². The summed E-state index contributed by atoms with van der Waals surface area (Å²) < 4.78 is 21.3. The molecule has 0 aromatic rings. The lowest BCUT2D eigenvalue weighted by atomic mass is 10.3. The number of carbonyl (C=O) groups is 1. The highest BCUT2D eigenvalue weighted by atomic mass is 32.2. The summed E-state index contributed by atoms with van der Waals surface area (Å²) >= 11 is 0. The zero-order valence-corrected chi connectivity index (χ0v) is 10.9. The van der Waals surface area contributed by atoms with Crippen LogP contribution in [0.15, 0.2) is 0 Å². The highest BCUT2D eigenvalue weighted by Gasteiger charge is 2.17. The first-order valence-electron chi connectivity index (χ1n) is 5.34. The van der Waals surface area contributed by atoms with Gasteiger partial charge in [0, 0.05) is 19.6 Å². The van der Waals surface area contributed by atoms with E-state index in [-0.39, 0.29) is 24.2 Å². The number of nitrogens with one attached hydrogen (secondary N) is 1. The summed E-state index contributed by atoms with van der Waals surface area (Å²) in [5.41, 5.74) is 0. The smallest absolute Gasteiger partial charge is 0.239 e. The summed E-state index contributed by atoms with van der Waals surface area (Å²) in [5.74, 6) is -0.192. The molecule has 0 aliphatic carbocycles. The summed E-state index contributed by atoms with van der Waals surface area (Å²) in [6, 6.07) is -0.387. The summed E-state index contributed by atoms with van der Waals surface area (Å²) in [5, 5.41) is 7.68.